The summed E-state index contributed by atoms with van der Waals surface area (Å²) in [6.45, 7) is 0. The Labute approximate surface area is 136 Å². The molecule has 2 nitrogen and oxygen atoms in total. The van der Waals surface area contributed by atoms with Gasteiger partial charge in [0.1, 0.15) is 0 Å². The van der Waals surface area contributed by atoms with Crippen LogP contribution in [0.15, 0.2) is 91.0 Å². The molecule has 3 aromatic rings. The molecule has 23 heavy (non-hydrogen) atoms. The van der Waals surface area contributed by atoms with E-state index in [-0.39, 0.29) is 6.42 Å². The minimum absolute atomic E-state index is 0.168. The molecule has 2 heteroatoms. The summed E-state index contributed by atoms with van der Waals surface area (Å²) in [5.74, 6) is 0. The van der Waals surface area contributed by atoms with Gasteiger partial charge in [0.25, 0.3) is 0 Å². The van der Waals surface area contributed by atoms with Crippen LogP contribution in [0, 0.1) is 0 Å². The number of hydrogen-bond donors (Lipinski definition) is 0. The van der Waals surface area contributed by atoms with Crippen molar-refractivity contribution in [2.75, 3.05) is 0 Å². The van der Waals surface area contributed by atoms with Crippen molar-refractivity contribution in [3.05, 3.63) is 108 Å². The van der Waals surface area contributed by atoms with Gasteiger partial charge in [0.05, 0.1) is 0 Å². The van der Waals surface area contributed by atoms with Gasteiger partial charge in [-0.15, -0.1) is 0 Å². The molecule has 0 N–H and O–H groups in total. The van der Waals surface area contributed by atoms with Crippen LogP contribution in [0.4, 0.5) is 0 Å². The van der Waals surface area contributed by atoms with Crippen molar-refractivity contribution in [2.24, 2.45) is 0 Å². The Kier molecular flexibility index (Phi) is 4.56. The predicted molar refractivity (Wildman–Crippen MR) is 88.8 cm³/mol. The van der Waals surface area contributed by atoms with E-state index in [9.17, 15) is 10.2 Å². The van der Waals surface area contributed by atoms with Crippen molar-refractivity contribution in [3.63, 3.8) is 0 Å². The quantitative estimate of drug-likeness (QED) is 0.654. The zero-order valence-electron chi connectivity index (χ0n) is 12.8. The lowest BCUT2D eigenvalue weighted by Gasteiger charge is -2.30. The van der Waals surface area contributed by atoms with E-state index >= 15 is 0 Å². The smallest absolute Gasteiger partial charge is 0.166 e. The van der Waals surface area contributed by atoms with Gasteiger partial charge in [-0.05, 0) is 16.7 Å². The average Bonchev–Trinajstić information content (AvgIpc) is 2.63. The van der Waals surface area contributed by atoms with Crippen molar-refractivity contribution >= 4 is 0 Å². The van der Waals surface area contributed by atoms with Crippen molar-refractivity contribution in [2.45, 2.75) is 18.1 Å². The minimum Gasteiger partial charge on any atom is -0.224 e. The van der Waals surface area contributed by atoms with Gasteiger partial charge >= 0.3 is 0 Å². The first-order chi connectivity index (χ1) is 11.2. The number of hydrogen-bond acceptors (Lipinski definition) is 0. The summed E-state index contributed by atoms with van der Waals surface area (Å²) in [5, 5.41) is 26.7. The highest BCUT2D eigenvalue weighted by atomic mass is 16.3. The molecule has 0 fully saturated rings. The van der Waals surface area contributed by atoms with Crippen LogP contribution < -0.4 is 0 Å². The molecule has 0 aromatic heterocycles. The first kappa shape index (κ1) is 15.5. The fourth-order valence-electron chi connectivity index (χ4n) is 2.86. The van der Waals surface area contributed by atoms with Gasteiger partial charge in [0, 0.05) is 6.42 Å². The predicted octanol–water partition coefficient (Wildman–Crippen LogP) is 4.73. The Morgan fingerprint density at radius 2 is 1.17 bits per heavy atom. The molecule has 0 bridgehead atoms. The molecule has 0 heterocycles. The van der Waals surface area contributed by atoms with Crippen LogP contribution in [0.2, 0.25) is 0 Å². The van der Waals surface area contributed by atoms with Gasteiger partial charge in [-0.1, -0.05) is 91.0 Å². The largest absolute Gasteiger partial charge is 0.224 e. The van der Waals surface area contributed by atoms with Gasteiger partial charge in [-0.3, -0.25) is 0 Å². The van der Waals surface area contributed by atoms with Crippen molar-refractivity contribution < 1.29 is 10.2 Å². The number of rotatable bonds is 5. The molecule has 0 saturated heterocycles. The fourth-order valence-corrected chi connectivity index (χ4v) is 2.86. The maximum Gasteiger partial charge on any atom is 0.166 e. The maximum absolute atomic E-state index is 13.7. The summed E-state index contributed by atoms with van der Waals surface area (Å²) < 4.78 is 0. The third kappa shape index (κ3) is 3.34. The summed E-state index contributed by atoms with van der Waals surface area (Å²) in [6, 6.07) is 27.4. The van der Waals surface area contributed by atoms with Crippen LogP contribution in [0.1, 0.15) is 22.8 Å². The molecular formula is C21H18O2. The Morgan fingerprint density at radius 3 is 1.74 bits per heavy atom. The average molecular weight is 302 g/mol. The van der Waals surface area contributed by atoms with E-state index in [0.29, 0.717) is 11.1 Å². The third-order valence-corrected chi connectivity index (χ3v) is 4.10. The second kappa shape index (κ2) is 6.78. The molecule has 2 radical (unpaired) electrons. The zero-order valence-corrected chi connectivity index (χ0v) is 12.8. The highest BCUT2D eigenvalue weighted by Gasteiger charge is 2.42. The molecule has 2 unspecified atom stereocenters. The molecule has 0 aliphatic heterocycles. The second-order valence-electron chi connectivity index (χ2n) is 5.71. The van der Waals surface area contributed by atoms with E-state index < -0.39 is 11.7 Å². The van der Waals surface area contributed by atoms with Crippen LogP contribution >= 0.6 is 0 Å². The van der Waals surface area contributed by atoms with Gasteiger partial charge < -0.3 is 0 Å². The zero-order chi connectivity index (χ0) is 16.1. The van der Waals surface area contributed by atoms with Crippen LogP contribution in [-0.4, -0.2) is 0 Å². The maximum atomic E-state index is 13.7. The Bertz CT molecular complexity index is 726. The molecule has 114 valence electrons. The summed E-state index contributed by atoms with van der Waals surface area (Å²) in [6.07, 6.45) is -1.20. The van der Waals surface area contributed by atoms with Gasteiger partial charge in [-0.2, -0.15) is 0 Å². The van der Waals surface area contributed by atoms with E-state index in [1.54, 1.807) is 36.4 Å². The summed E-state index contributed by atoms with van der Waals surface area (Å²) in [4.78, 5) is 0. The molecule has 0 aliphatic carbocycles. The molecule has 3 aromatic carbocycles. The molecular weight excluding hydrogens is 284 g/mol. The van der Waals surface area contributed by atoms with Gasteiger partial charge in [-0.25, -0.2) is 10.2 Å². The highest BCUT2D eigenvalue weighted by Crippen LogP contribution is 2.39. The van der Waals surface area contributed by atoms with Crippen molar-refractivity contribution in [3.8, 4) is 0 Å². The van der Waals surface area contributed by atoms with Crippen LogP contribution in [0.3, 0.4) is 0 Å². The van der Waals surface area contributed by atoms with E-state index in [4.69, 9.17) is 0 Å². The first-order valence-electron chi connectivity index (χ1n) is 7.71. The van der Waals surface area contributed by atoms with E-state index in [1.807, 2.05) is 54.6 Å². The molecule has 0 aliphatic rings. The van der Waals surface area contributed by atoms with Gasteiger partial charge in [0.15, 0.2) is 11.7 Å². The standard InChI is InChI=1S/C21H18O2/c22-20(18-12-6-2-7-13-18)21(23,19-14-8-3-9-15-19)16-17-10-4-1-5-11-17/h1-15,20H,16H2. The van der Waals surface area contributed by atoms with Crippen LogP contribution in [-0.2, 0) is 22.2 Å². The Hall–Kier alpha value is -2.42. The Morgan fingerprint density at radius 1 is 0.696 bits per heavy atom. The monoisotopic (exact) mass is 302 g/mol. The summed E-state index contributed by atoms with van der Waals surface area (Å²) in [5.41, 5.74) is 0.197. The van der Waals surface area contributed by atoms with Crippen LogP contribution in [0.25, 0.3) is 0 Å². The van der Waals surface area contributed by atoms with Gasteiger partial charge in [0.2, 0.25) is 0 Å². The molecule has 2 atom stereocenters. The lowest BCUT2D eigenvalue weighted by Crippen LogP contribution is -2.34. The highest BCUT2D eigenvalue weighted by molar-refractivity contribution is 5.32. The second-order valence-corrected chi connectivity index (χ2v) is 5.71. The summed E-state index contributed by atoms with van der Waals surface area (Å²) >= 11 is 0. The van der Waals surface area contributed by atoms with E-state index in [2.05, 4.69) is 0 Å². The van der Waals surface area contributed by atoms with Crippen molar-refractivity contribution in [1.29, 1.82) is 0 Å². The molecule has 0 saturated carbocycles. The van der Waals surface area contributed by atoms with E-state index in [0.717, 1.165) is 5.56 Å². The normalized spacial score (nSPS) is 14.9. The van der Waals surface area contributed by atoms with E-state index in [1.165, 1.54) is 0 Å². The topological polar surface area (TPSA) is 39.8 Å². The van der Waals surface area contributed by atoms with Crippen molar-refractivity contribution in [1.82, 2.24) is 0 Å². The third-order valence-electron chi connectivity index (χ3n) is 4.10. The number of benzene rings is 3. The lowest BCUT2D eigenvalue weighted by molar-refractivity contribution is -0.154. The minimum atomic E-state index is -1.75. The fraction of sp³-hybridized carbons (Fsp3) is 0.143. The first-order valence-corrected chi connectivity index (χ1v) is 7.71. The van der Waals surface area contributed by atoms with Crippen LogP contribution in [0.5, 0.6) is 0 Å². The summed E-state index contributed by atoms with van der Waals surface area (Å²) in [7, 11) is 0. The SMILES string of the molecule is [O]C(c1ccccc1)C([O])(Cc1ccccc1)c1ccccc1. The molecule has 3 rings (SSSR count). The molecule has 0 amide bonds. The Balaban J connectivity index is 2.03. The lowest BCUT2D eigenvalue weighted by atomic mass is 9.80. The molecule has 0 spiro atoms.